The summed E-state index contributed by atoms with van der Waals surface area (Å²) in [6.45, 7) is 0. The molecule has 6 heteroatoms. The number of phenolic OH excluding ortho intramolecular Hbond substituents is 2. The van der Waals surface area contributed by atoms with Crippen molar-refractivity contribution in [1.82, 2.24) is 9.97 Å². The summed E-state index contributed by atoms with van der Waals surface area (Å²) in [5.74, 6) is -0.256. The number of benzene rings is 2. The normalized spacial score (nSPS) is 10.8. The summed E-state index contributed by atoms with van der Waals surface area (Å²) in [5.41, 5.74) is 1.83. The van der Waals surface area contributed by atoms with Crippen LogP contribution in [0.4, 0.5) is 0 Å². The SMILES string of the molecule is COc1cc(Sc2nc3ccccc3[nH]2)cc(O)c1O. The molecule has 0 saturated carbocycles. The number of fused-ring (bicyclic) bond motifs is 1. The van der Waals surface area contributed by atoms with Crippen molar-refractivity contribution < 1.29 is 14.9 Å². The third-order valence-electron chi connectivity index (χ3n) is 2.83. The molecule has 0 spiro atoms. The Labute approximate surface area is 119 Å². The van der Waals surface area contributed by atoms with Crippen molar-refractivity contribution in [3.63, 3.8) is 0 Å². The van der Waals surface area contributed by atoms with Crippen molar-refractivity contribution in [3.05, 3.63) is 36.4 Å². The lowest BCUT2D eigenvalue weighted by Crippen LogP contribution is -1.85. The standard InChI is InChI=1S/C14H12N2O3S/c1-19-12-7-8(6-11(17)13(12)18)20-14-15-9-4-2-3-5-10(9)16-14/h2-7,17-18H,1H3,(H,15,16). The fourth-order valence-electron chi connectivity index (χ4n) is 1.87. The van der Waals surface area contributed by atoms with Crippen molar-refractivity contribution in [1.29, 1.82) is 0 Å². The molecule has 0 aliphatic heterocycles. The van der Waals surface area contributed by atoms with E-state index in [1.165, 1.54) is 24.9 Å². The molecule has 0 fully saturated rings. The number of imidazole rings is 1. The first-order valence-corrected chi connectivity index (χ1v) is 6.71. The van der Waals surface area contributed by atoms with Crippen molar-refractivity contribution in [2.75, 3.05) is 7.11 Å². The van der Waals surface area contributed by atoms with Crippen LogP contribution in [0.1, 0.15) is 0 Å². The molecule has 0 aliphatic carbocycles. The van der Waals surface area contributed by atoms with Gasteiger partial charge in [-0.1, -0.05) is 23.9 Å². The van der Waals surface area contributed by atoms with Gasteiger partial charge in [-0.25, -0.2) is 4.98 Å². The van der Waals surface area contributed by atoms with Gasteiger partial charge in [-0.2, -0.15) is 0 Å². The van der Waals surface area contributed by atoms with Crippen LogP contribution in [0.3, 0.4) is 0 Å². The first-order chi connectivity index (χ1) is 9.67. The third-order valence-corrected chi connectivity index (χ3v) is 3.69. The topological polar surface area (TPSA) is 78.4 Å². The summed E-state index contributed by atoms with van der Waals surface area (Å²) in [4.78, 5) is 8.34. The molecule has 0 radical (unpaired) electrons. The molecule has 0 atom stereocenters. The predicted octanol–water partition coefficient (Wildman–Crippen LogP) is 3.13. The first kappa shape index (κ1) is 12.7. The maximum absolute atomic E-state index is 9.66. The van der Waals surface area contributed by atoms with E-state index in [2.05, 4.69) is 9.97 Å². The smallest absolute Gasteiger partial charge is 0.200 e. The van der Waals surface area contributed by atoms with Crippen LogP contribution in [0.25, 0.3) is 11.0 Å². The molecule has 0 aliphatic rings. The first-order valence-electron chi connectivity index (χ1n) is 5.90. The molecule has 3 N–H and O–H groups in total. The number of aromatic amines is 1. The zero-order chi connectivity index (χ0) is 14.1. The summed E-state index contributed by atoms with van der Waals surface area (Å²) in [7, 11) is 1.43. The number of rotatable bonds is 3. The van der Waals surface area contributed by atoms with Crippen LogP contribution in [0, 0.1) is 0 Å². The van der Waals surface area contributed by atoms with E-state index in [-0.39, 0.29) is 17.2 Å². The van der Waals surface area contributed by atoms with Gasteiger partial charge in [0.1, 0.15) is 0 Å². The molecule has 0 unspecified atom stereocenters. The summed E-state index contributed by atoms with van der Waals surface area (Å²) in [5, 5.41) is 20.0. The second-order valence-electron chi connectivity index (χ2n) is 4.15. The van der Waals surface area contributed by atoms with Gasteiger partial charge in [0.05, 0.1) is 18.1 Å². The average Bonchev–Trinajstić information content (AvgIpc) is 2.84. The van der Waals surface area contributed by atoms with Gasteiger partial charge in [-0.15, -0.1) is 0 Å². The van der Waals surface area contributed by atoms with E-state index in [9.17, 15) is 10.2 Å². The van der Waals surface area contributed by atoms with Crippen LogP contribution in [-0.2, 0) is 0 Å². The van der Waals surface area contributed by atoms with E-state index in [1.807, 2.05) is 24.3 Å². The van der Waals surface area contributed by atoms with E-state index in [0.29, 0.717) is 5.16 Å². The number of methoxy groups -OCH3 is 1. The summed E-state index contributed by atoms with van der Waals surface area (Å²) in [6, 6.07) is 10.8. The largest absolute Gasteiger partial charge is 0.504 e. The number of para-hydroxylation sites is 2. The fourth-order valence-corrected chi connectivity index (χ4v) is 2.74. The number of nitrogens with zero attached hydrogens (tertiary/aromatic N) is 1. The Balaban J connectivity index is 1.96. The molecular formula is C14H12N2O3S. The lowest BCUT2D eigenvalue weighted by molar-refractivity contribution is 0.349. The van der Waals surface area contributed by atoms with Crippen LogP contribution in [0.15, 0.2) is 46.5 Å². The van der Waals surface area contributed by atoms with Gasteiger partial charge in [0.2, 0.25) is 5.75 Å². The van der Waals surface area contributed by atoms with E-state index in [4.69, 9.17) is 4.74 Å². The number of hydrogen-bond acceptors (Lipinski definition) is 5. The molecule has 1 heterocycles. The van der Waals surface area contributed by atoms with Crippen molar-refractivity contribution in [2.45, 2.75) is 10.1 Å². The van der Waals surface area contributed by atoms with Gasteiger partial charge in [-0.05, 0) is 24.3 Å². The van der Waals surface area contributed by atoms with Gasteiger partial charge in [0.15, 0.2) is 16.7 Å². The monoisotopic (exact) mass is 288 g/mol. The molecular weight excluding hydrogens is 276 g/mol. The fraction of sp³-hybridized carbons (Fsp3) is 0.0714. The molecule has 0 bridgehead atoms. The van der Waals surface area contributed by atoms with Gasteiger partial charge < -0.3 is 19.9 Å². The zero-order valence-electron chi connectivity index (χ0n) is 10.6. The quantitative estimate of drug-likeness (QED) is 0.645. The highest BCUT2D eigenvalue weighted by molar-refractivity contribution is 7.99. The van der Waals surface area contributed by atoms with Gasteiger partial charge in [-0.3, -0.25) is 0 Å². The molecule has 102 valence electrons. The number of phenols is 2. The van der Waals surface area contributed by atoms with Gasteiger partial charge in [0, 0.05) is 4.90 Å². The van der Waals surface area contributed by atoms with E-state index in [1.54, 1.807) is 6.07 Å². The predicted molar refractivity (Wildman–Crippen MR) is 76.5 cm³/mol. The number of hydrogen-bond donors (Lipinski definition) is 3. The van der Waals surface area contributed by atoms with Crippen LogP contribution in [-0.4, -0.2) is 27.3 Å². The van der Waals surface area contributed by atoms with Crippen LogP contribution in [0.5, 0.6) is 17.2 Å². The van der Waals surface area contributed by atoms with E-state index in [0.717, 1.165) is 15.9 Å². The molecule has 2 aromatic carbocycles. The Bertz CT molecular complexity index is 737. The number of ether oxygens (including phenoxy) is 1. The second-order valence-corrected chi connectivity index (χ2v) is 5.22. The Kier molecular flexibility index (Phi) is 3.15. The maximum atomic E-state index is 9.66. The summed E-state index contributed by atoms with van der Waals surface area (Å²) >= 11 is 1.35. The number of nitrogens with one attached hydrogen (secondary N) is 1. The highest BCUT2D eigenvalue weighted by atomic mass is 32.2. The summed E-state index contributed by atoms with van der Waals surface area (Å²) in [6.07, 6.45) is 0. The highest BCUT2D eigenvalue weighted by Gasteiger charge is 2.12. The number of aromatic nitrogens is 2. The van der Waals surface area contributed by atoms with E-state index >= 15 is 0 Å². The number of aromatic hydroxyl groups is 2. The minimum Gasteiger partial charge on any atom is -0.504 e. The van der Waals surface area contributed by atoms with Crippen LogP contribution in [0.2, 0.25) is 0 Å². The van der Waals surface area contributed by atoms with E-state index < -0.39 is 0 Å². The molecule has 3 rings (SSSR count). The van der Waals surface area contributed by atoms with Crippen LogP contribution < -0.4 is 4.74 Å². The number of H-pyrrole nitrogens is 1. The lowest BCUT2D eigenvalue weighted by atomic mass is 10.3. The maximum Gasteiger partial charge on any atom is 0.200 e. The van der Waals surface area contributed by atoms with Crippen molar-refractivity contribution >= 4 is 22.8 Å². The molecule has 1 aromatic heterocycles. The van der Waals surface area contributed by atoms with Crippen molar-refractivity contribution in [2.24, 2.45) is 0 Å². The van der Waals surface area contributed by atoms with Gasteiger partial charge >= 0.3 is 0 Å². The summed E-state index contributed by atoms with van der Waals surface area (Å²) < 4.78 is 5.01. The Hall–Kier alpha value is -2.34. The minimum atomic E-state index is -0.263. The minimum absolute atomic E-state index is 0.219. The Morgan fingerprint density at radius 2 is 2.00 bits per heavy atom. The molecule has 20 heavy (non-hydrogen) atoms. The van der Waals surface area contributed by atoms with Crippen molar-refractivity contribution in [3.8, 4) is 17.2 Å². The highest BCUT2D eigenvalue weighted by Crippen LogP contribution is 2.40. The molecule has 3 aromatic rings. The second kappa shape index (κ2) is 4.97. The lowest BCUT2D eigenvalue weighted by Gasteiger charge is -2.07. The zero-order valence-corrected chi connectivity index (χ0v) is 11.4. The third kappa shape index (κ3) is 2.25. The average molecular weight is 288 g/mol. The molecule has 0 amide bonds. The molecule has 0 saturated heterocycles. The molecule has 5 nitrogen and oxygen atoms in total. The Morgan fingerprint density at radius 1 is 1.20 bits per heavy atom. The Morgan fingerprint density at radius 3 is 2.75 bits per heavy atom. The van der Waals surface area contributed by atoms with Crippen LogP contribution >= 0.6 is 11.8 Å². The van der Waals surface area contributed by atoms with Gasteiger partial charge in [0.25, 0.3) is 0 Å².